The highest BCUT2D eigenvalue weighted by Gasteiger charge is 2.43. The molecule has 0 saturated carbocycles. The van der Waals surface area contributed by atoms with Crippen LogP contribution < -0.4 is 18.9 Å². The van der Waals surface area contributed by atoms with Gasteiger partial charge < -0.3 is 23.9 Å². The summed E-state index contributed by atoms with van der Waals surface area (Å²) in [6.07, 6.45) is 6.27. The SMILES string of the molecule is COc1cc2c(cc1OC)C1C(C=C2c2ccc3[nH]cnc3c2)c2ccc3c(c2C=[N+]1C)OCO3. The van der Waals surface area contributed by atoms with Crippen LogP contribution >= 0.6 is 0 Å². The van der Waals surface area contributed by atoms with E-state index in [2.05, 4.69) is 70.3 Å². The van der Waals surface area contributed by atoms with Gasteiger partial charge in [-0.05, 0) is 52.6 Å². The second kappa shape index (κ2) is 7.37. The normalized spacial score (nSPS) is 19.4. The van der Waals surface area contributed by atoms with Crippen molar-refractivity contribution >= 4 is 22.8 Å². The van der Waals surface area contributed by atoms with Crippen molar-refractivity contribution in [1.82, 2.24) is 9.97 Å². The van der Waals surface area contributed by atoms with Crippen LogP contribution in [-0.4, -0.2) is 48.8 Å². The third-order valence-corrected chi connectivity index (χ3v) is 7.33. The van der Waals surface area contributed by atoms with Gasteiger partial charge >= 0.3 is 0 Å². The van der Waals surface area contributed by atoms with Crippen molar-refractivity contribution in [3.05, 3.63) is 82.7 Å². The van der Waals surface area contributed by atoms with Gasteiger partial charge in [0.05, 0.1) is 43.1 Å². The number of likely N-dealkylation sites (N-methyl/N-ethyl adjacent to an activating group) is 1. The zero-order valence-electron chi connectivity index (χ0n) is 19.7. The van der Waals surface area contributed by atoms with Gasteiger partial charge in [-0.2, -0.15) is 0 Å². The number of aromatic nitrogens is 2. The summed E-state index contributed by atoms with van der Waals surface area (Å²) < 4.78 is 25.2. The lowest BCUT2D eigenvalue weighted by atomic mass is 9.73. The van der Waals surface area contributed by atoms with Gasteiger partial charge in [0.25, 0.3) is 0 Å². The number of fused-ring (bicyclic) bond motifs is 8. The van der Waals surface area contributed by atoms with Crippen LogP contribution in [0.2, 0.25) is 0 Å². The molecule has 1 aromatic heterocycles. The fraction of sp³-hybridized carbons (Fsp3) is 0.214. The molecule has 1 aliphatic carbocycles. The summed E-state index contributed by atoms with van der Waals surface area (Å²) in [5.74, 6) is 3.15. The first kappa shape index (κ1) is 20.1. The third-order valence-electron chi connectivity index (χ3n) is 7.33. The standard InChI is InChI=1S/C28H24N3O4/c1-31-12-21-16(5-7-24-28(21)35-14-34-24)19-9-17(15-4-6-22-23(8-15)30-13-29-22)18-10-25(32-2)26(33-3)11-20(18)27(19)31/h4-13,19,27H,14H2,1-3H3,(H,29,30)/q+1. The van der Waals surface area contributed by atoms with E-state index < -0.39 is 0 Å². The van der Waals surface area contributed by atoms with Gasteiger partial charge in [0, 0.05) is 5.56 Å². The van der Waals surface area contributed by atoms with Gasteiger partial charge in [-0.1, -0.05) is 18.2 Å². The van der Waals surface area contributed by atoms with Crippen LogP contribution in [-0.2, 0) is 0 Å². The molecule has 0 saturated heterocycles. The summed E-state index contributed by atoms with van der Waals surface area (Å²) in [6, 6.07) is 14.9. The Bertz CT molecular complexity index is 1580. The number of hydrogen-bond donors (Lipinski definition) is 1. The van der Waals surface area contributed by atoms with Gasteiger partial charge in [0.2, 0.25) is 6.79 Å². The first-order valence-corrected chi connectivity index (χ1v) is 11.6. The summed E-state index contributed by atoms with van der Waals surface area (Å²) in [5, 5.41) is 0. The maximum absolute atomic E-state index is 5.86. The number of aromatic amines is 1. The molecule has 1 N–H and O–H groups in total. The molecule has 7 heteroatoms. The highest BCUT2D eigenvalue weighted by Crippen LogP contribution is 2.52. The average molecular weight is 467 g/mol. The maximum atomic E-state index is 5.86. The number of hydrogen-bond acceptors (Lipinski definition) is 5. The van der Waals surface area contributed by atoms with Crippen LogP contribution in [0.15, 0.2) is 54.9 Å². The van der Waals surface area contributed by atoms with E-state index in [1.165, 1.54) is 11.1 Å². The van der Waals surface area contributed by atoms with Crippen LogP contribution in [0.3, 0.4) is 0 Å². The second-order valence-corrected chi connectivity index (χ2v) is 9.08. The molecule has 3 aliphatic rings. The van der Waals surface area contributed by atoms with E-state index in [0.717, 1.165) is 50.5 Å². The Balaban J connectivity index is 1.50. The Morgan fingerprint density at radius 1 is 1.00 bits per heavy atom. The molecule has 0 bridgehead atoms. The number of ether oxygens (including phenoxy) is 4. The molecule has 2 atom stereocenters. The topological polar surface area (TPSA) is 68.6 Å². The fourth-order valence-electron chi connectivity index (χ4n) is 5.73. The first-order valence-electron chi connectivity index (χ1n) is 11.6. The monoisotopic (exact) mass is 466 g/mol. The van der Waals surface area contributed by atoms with E-state index in [4.69, 9.17) is 18.9 Å². The van der Waals surface area contributed by atoms with Gasteiger partial charge in [0.1, 0.15) is 7.05 Å². The van der Waals surface area contributed by atoms with Gasteiger partial charge in [-0.25, -0.2) is 9.56 Å². The van der Waals surface area contributed by atoms with E-state index in [1.54, 1.807) is 20.5 Å². The van der Waals surface area contributed by atoms with Crippen molar-refractivity contribution in [3.8, 4) is 23.0 Å². The molecule has 174 valence electrons. The minimum atomic E-state index is 0.0931. The second-order valence-electron chi connectivity index (χ2n) is 9.08. The molecular weight excluding hydrogens is 442 g/mol. The van der Waals surface area contributed by atoms with E-state index in [9.17, 15) is 0 Å². The molecule has 7 rings (SSSR count). The van der Waals surface area contributed by atoms with Crippen LogP contribution in [0.1, 0.15) is 39.8 Å². The van der Waals surface area contributed by atoms with Crippen molar-refractivity contribution < 1.29 is 23.5 Å². The predicted octanol–water partition coefficient (Wildman–Crippen LogP) is 4.65. The molecule has 2 aliphatic heterocycles. The van der Waals surface area contributed by atoms with Gasteiger partial charge in [0.15, 0.2) is 35.3 Å². The highest BCUT2D eigenvalue weighted by atomic mass is 16.7. The van der Waals surface area contributed by atoms with Crippen LogP contribution in [0, 0.1) is 0 Å². The molecule has 0 spiro atoms. The van der Waals surface area contributed by atoms with E-state index >= 15 is 0 Å². The first-order chi connectivity index (χ1) is 17.2. The van der Waals surface area contributed by atoms with E-state index in [0.29, 0.717) is 5.75 Å². The lowest BCUT2D eigenvalue weighted by Gasteiger charge is -2.34. The minimum Gasteiger partial charge on any atom is -0.493 e. The molecule has 3 aromatic carbocycles. The zero-order chi connectivity index (χ0) is 23.7. The molecule has 2 unspecified atom stereocenters. The maximum Gasteiger partial charge on any atom is 0.231 e. The number of methoxy groups -OCH3 is 2. The number of benzene rings is 3. The number of nitrogens with one attached hydrogen (secondary N) is 1. The predicted molar refractivity (Wildman–Crippen MR) is 132 cm³/mol. The van der Waals surface area contributed by atoms with Crippen molar-refractivity contribution in [3.63, 3.8) is 0 Å². The summed E-state index contributed by atoms with van der Waals surface area (Å²) >= 11 is 0. The smallest absolute Gasteiger partial charge is 0.231 e. The van der Waals surface area contributed by atoms with E-state index in [1.807, 2.05) is 6.07 Å². The van der Waals surface area contributed by atoms with Crippen LogP contribution in [0.5, 0.6) is 23.0 Å². The molecule has 3 heterocycles. The summed E-state index contributed by atoms with van der Waals surface area (Å²) in [7, 11) is 5.47. The number of imidazole rings is 1. The van der Waals surface area contributed by atoms with Crippen molar-refractivity contribution in [2.45, 2.75) is 12.0 Å². The number of nitrogens with zero attached hydrogens (tertiary/aromatic N) is 2. The molecule has 4 aromatic rings. The lowest BCUT2D eigenvalue weighted by Crippen LogP contribution is -2.31. The van der Waals surface area contributed by atoms with Crippen molar-refractivity contribution in [2.24, 2.45) is 0 Å². The third kappa shape index (κ3) is 2.84. The Kier molecular flexibility index (Phi) is 4.24. The number of rotatable bonds is 3. The van der Waals surface area contributed by atoms with Crippen molar-refractivity contribution in [1.29, 1.82) is 0 Å². The molecule has 0 amide bonds. The Morgan fingerprint density at radius 3 is 2.71 bits per heavy atom. The van der Waals surface area contributed by atoms with Crippen molar-refractivity contribution in [2.75, 3.05) is 28.1 Å². The van der Waals surface area contributed by atoms with E-state index in [-0.39, 0.29) is 18.8 Å². The van der Waals surface area contributed by atoms with Gasteiger partial charge in [-0.15, -0.1) is 0 Å². The molecule has 7 nitrogen and oxygen atoms in total. The Hall–Kier alpha value is -4.26. The highest BCUT2D eigenvalue weighted by molar-refractivity contribution is 5.91. The number of H-pyrrole nitrogens is 1. The quantitative estimate of drug-likeness (QED) is 0.445. The summed E-state index contributed by atoms with van der Waals surface area (Å²) in [4.78, 5) is 7.68. The lowest BCUT2D eigenvalue weighted by molar-refractivity contribution is -0.544. The Morgan fingerprint density at radius 2 is 1.86 bits per heavy atom. The largest absolute Gasteiger partial charge is 0.493 e. The average Bonchev–Trinajstić information content (AvgIpc) is 3.56. The van der Waals surface area contributed by atoms with Crippen LogP contribution in [0.4, 0.5) is 0 Å². The fourth-order valence-corrected chi connectivity index (χ4v) is 5.73. The van der Waals surface area contributed by atoms with Gasteiger partial charge in [-0.3, -0.25) is 0 Å². The van der Waals surface area contributed by atoms with Crippen LogP contribution in [0.25, 0.3) is 16.6 Å². The molecule has 35 heavy (non-hydrogen) atoms. The molecule has 0 fully saturated rings. The Labute approximate surface area is 202 Å². The molecular formula is C28H24N3O4+. The summed E-state index contributed by atoms with van der Waals surface area (Å²) in [6.45, 7) is 0.252. The minimum absolute atomic E-state index is 0.0931. The zero-order valence-corrected chi connectivity index (χ0v) is 19.7. The molecule has 0 radical (unpaired) electrons. The summed E-state index contributed by atoms with van der Waals surface area (Å²) in [5.41, 5.74) is 8.81.